The number of nitrogens with zero attached hydrogens (tertiary/aromatic N) is 1. The monoisotopic (exact) mass is 325 g/mol. The molecule has 0 radical (unpaired) electrons. The Morgan fingerprint density at radius 1 is 1.04 bits per heavy atom. The molecule has 5 heteroatoms. The van der Waals surface area contributed by atoms with Gasteiger partial charge in [-0.1, -0.05) is 24.3 Å². The predicted molar refractivity (Wildman–Crippen MR) is 86.9 cm³/mol. The third-order valence-electron chi connectivity index (χ3n) is 3.88. The first-order valence-electron chi connectivity index (χ1n) is 7.40. The minimum Gasteiger partial charge on any atom is -0.468 e. The van der Waals surface area contributed by atoms with Crippen molar-refractivity contribution in [1.82, 2.24) is 4.90 Å². The summed E-state index contributed by atoms with van der Waals surface area (Å²) in [6, 6.07) is 15.5. The van der Waals surface area contributed by atoms with Crippen LogP contribution in [0, 0.1) is 0 Å². The fourth-order valence-electron chi connectivity index (χ4n) is 2.82. The Labute approximate surface area is 137 Å². The fourth-order valence-corrected chi connectivity index (χ4v) is 3.55. The van der Waals surface area contributed by atoms with E-state index in [0.29, 0.717) is 18.7 Å². The molecule has 0 saturated carbocycles. The van der Waals surface area contributed by atoms with Crippen molar-refractivity contribution in [1.29, 1.82) is 0 Å². The van der Waals surface area contributed by atoms with Gasteiger partial charge in [0, 0.05) is 17.0 Å². The Kier molecular flexibility index (Phi) is 3.73. The van der Waals surface area contributed by atoms with Gasteiger partial charge in [-0.15, -0.1) is 11.3 Å². The smallest absolute Gasteiger partial charge is 0.340 e. The number of esters is 1. The molecule has 2 aromatic heterocycles. The molecule has 0 aliphatic carbocycles. The minimum atomic E-state index is -0.383. The van der Waals surface area contributed by atoms with E-state index in [1.54, 1.807) is 17.6 Å². The van der Waals surface area contributed by atoms with E-state index in [-0.39, 0.29) is 12.2 Å². The van der Waals surface area contributed by atoms with Crippen LogP contribution in [0.4, 0.5) is 0 Å². The van der Waals surface area contributed by atoms with Gasteiger partial charge in [-0.2, -0.15) is 0 Å². The second kappa shape index (κ2) is 6.02. The van der Waals surface area contributed by atoms with Crippen LogP contribution in [0.2, 0.25) is 0 Å². The van der Waals surface area contributed by atoms with Gasteiger partial charge >= 0.3 is 5.97 Å². The Morgan fingerprint density at radius 3 is 2.74 bits per heavy atom. The maximum absolute atomic E-state index is 12.1. The molecule has 1 unspecified atom stereocenters. The van der Waals surface area contributed by atoms with E-state index in [9.17, 15) is 4.79 Å². The van der Waals surface area contributed by atoms with Crippen LogP contribution in [0.3, 0.4) is 0 Å². The summed E-state index contributed by atoms with van der Waals surface area (Å²) in [6.07, 6.45) is 1.28. The van der Waals surface area contributed by atoms with E-state index in [4.69, 9.17) is 9.15 Å². The summed E-state index contributed by atoms with van der Waals surface area (Å²) in [7, 11) is 0. The number of thiophene rings is 1. The largest absolute Gasteiger partial charge is 0.468 e. The molecule has 0 bridgehead atoms. The highest BCUT2D eigenvalue weighted by Crippen LogP contribution is 2.35. The zero-order chi connectivity index (χ0) is 15.6. The number of hydrogen-bond donors (Lipinski definition) is 0. The first-order chi connectivity index (χ1) is 11.3. The zero-order valence-electron chi connectivity index (χ0n) is 12.3. The lowest BCUT2D eigenvalue weighted by atomic mass is 10.1. The number of ether oxygens (including phenoxy) is 1. The maximum atomic E-state index is 12.1. The fraction of sp³-hybridized carbons (Fsp3) is 0.167. The molecular formula is C18H15NO3S. The van der Waals surface area contributed by atoms with Crippen LogP contribution in [-0.4, -0.2) is 10.9 Å². The molecule has 116 valence electrons. The van der Waals surface area contributed by atoms with E-state index in [0.717, 1.165) is 11.3 Å². The number of benzene rings is 1. The third kappa shape index (κ3) is 2.81. The zero-order valence-corrected chi connectivity index (χ0v) is 13.2. The number of rotatable bonds is 5. The van der Waals surface area contributed by atoms with Crippen LogP contribution in [0.25, 0.3) is 0 Å². The van der Waals surface area contributed by atoms with Crippen LogP contribution in [-0.2, 0) is 17.8 Å². The van der Waals surface area contributed by atoms with Crippen molar-refractivity contribution < 1.29 is 13.9 Å². The highest BCUT2D eigenvalue weighted by Gasteiger charge is 2.35. The van der Waals surface area contributed by atoms with E-state index in [1.165, 1.54) is 4.88 Å². The molecule has 1 aliphatic heterocycles. The quantitative estimate of drug-likeness (QED) is 0.659. The minimum absolute atomic E-state index is 0.263. The van der Waals surface area contributed by atoms with E-state index in [2.05, 4.69) is 16.3 Å². The van der Waals surface area contributed by atoms with Crippen LogP contribution in [0.15, 0.2) is 64.6 Å². The van der Waals surface area contributed by atoms with Crippen molar-refractivity contribution in [2.24, 2.45) is 0 Å². The van der Waals surface area contributed by atoms with Crippen molar-refractivity contribution in [3.63, 3.8) is 0 Å². The van der Waals surface area contributed by atoms with Crippen LogP contribution in [0.1, 0.15) is 32.8 Å². The molecule has 23 heavy (non-hydrogen) atoms. The SMILES string of the molecule is O=C1OC(N(Cc2ccco2)Cc2cccs2)c2ccccc21. The average molecular weight is 325 g/mol. The van der Waals surface area contributed by atoms with Crippen molar-refractivity contribution >= 4 is 17.3 Å². The Morgan fingerprint density at radius 2 is 1.96 bits per heavy atom. The van der Waals surface area contributed by atoms with Gasteiger partial charge in [-0.05, 0) is 29.6 Å². The molecule has 0 spiro atoms. The van der Waals surface area contributed by atoms with E-state index >= 15 is 0 Å². The van der Waals surface area contributed by atoms with Crippen molar-refractivity contribution in [2.75, 3.05) is 0 Å². The predicted octanol–water partition coefficient (Wildman–Crippen LogP) is 4.21. The van der Waals surface area contributed by atoms with Crippen molar-refractivity contribution in [3.8, 4) is 0 Å². The van der Waals surface area contributed by atoms with Gasteiger partial charge in [0.1, 0.15) is 5.76 Å². The molecule has 1 aliphatic rings. The molecule has 3 aromatic rings. The molecule has 0 saturated heterocycles. The number of carbonyl (C=O) groups excluding carboxylic acids is 1. The van der Waals surface area contributed by atoms with Gasteiger partial charge in [-0.25, -0.2) is 4.79 Å². The summed E-state index contributed by atoms with van der Waals surface area (Å²) >= 11 is 1.69. The molecule has 1 atom stereocenters. The second-order valence-electron chi connectivity index (χ2n) is 5.41. The van der Waals surface area contributed by atoms with E-state index in [1.807, 2.05) is 42.5 Å². The van der Waals surface area contributed by atoms with Gasteiger partial charge in [0.15, 0.2) is 6.23 Å². The highest BCUT2D eigenvalue weighted by molar-refractivity contribution is 7.09. The molecule has 0 fully saturated rings. The van der Waals surface area contributed by atoms with Crippen LogP contribution < -0.4 is 0 Å². The van der Waals surface area contributed by atoms with E-state index < -0.39 is 0 Å². The van der Waals surface area contributed by atoms with Gasteiger partial charge in [-0.3, -0.25) is 4.90 Å². The van der Waals surface area contributed by atoms with Crippen molar-refractivity contribution in [2.45, 2.75) is 19.3 Å². The number of hydrogen-bond acceptors (Lipinski definition) is 5. The van der Waals surface area contributed by atoms with Crippen LogP contribution in [0.5, 0.6) is 0 Å². The van der Waals surface area contributed by atoms with Gasteiger partial charge in [0.25, 0.3) is 0 Å². The molecule has 1 aromatic carbocycles. The summed E-state index contributed by atoms with van der Waals surface area (Å²) in [5, 5.41) is 2.05. The lowest BCUT2D eigenvalue weighted by molar-refractivity contribution is -0.0331. The first-order valence-corrected chi connectivity index (χ1v) is 8.28. The lowest BCUT2D eigenvalue weighted by Crippen LogP contribution is -2.27. The Balaban J connectivity index is 1.66. The third-order valence-corrected chi connectivity index (χ3v) is 4.74. The molecule has 0 amide bonds. The Hall–Kier alpha value is -2.37. The second-order valence-corrected chi connectivity index (χ2v) is 6.44. The normalized spacial score (nSPS) is 16.6. The number of carbonyl (C=O) groups is 1. The topological polar surface area (TPSA) is 42.7 Å². The highest BCUT2D eigenvalue weighted by atomic mass is 32.1. The van der Waals surface area contributed by atoms with Gasteiger partial charge in [0.05, 0.1) is 18.4 Å². The number of furan rings is 1. The maximum Gasteiger partial charge on any atom is 0.340 e. The van der Waals surface area contributed by atoms with Gasteiger partial charge in [0.2, 0.25) is 0 Å². The lowest BCUT2D eigenvalue weighted by Gasteiger charge is -2.26. The summed E-state index contributed by atoms with van der Waals surface area (Å²) in [4.78, 5) is 15.5. The van der Waals surface area contributed by atoms with Crippen LogP contribution >= 0.6 is 11.3 Å². The molecular weight excluding hydrogens is 310 g/mol. The molecule has 3 heterocycles. The molecule has 4 rings (SSSR count). The Bertz CT molecular complexity index is 759. The van der Waals surface area contributed by atoms with Crippen molar-refractivity contribution in [3.05, 3.63) is 81.9 Å². The first kappa shape index (κ1) is 14.2. The summed E-state index contributed by atoms with van der Waals surface area (Å²) in [6.45, 7) is 1.28. The summed E-state index contributed by atoms with van der Waals surface area (Å²) in [5.41, 5.74) is 1.56. The molecule has 0 N–H and O–H groups in total. The van der Waals surface area contributed by atoms with Gasteiger partial charge < -0.3 is 9.15 Å². The number of cyclic esters (lactones) is 1. The standard InChI is InChI=1S/C18H15NO3S/c20-18-16-8-2-1-7-15(16)17(22-18)19(11-13-5-3-9-21-13)12-14-6-4-10-23-14/h1-10,17H,11-12H2. The number of fused-ring (bicyclic) bond motifs is 1. The summed E-state index contributed by atoms with van der Waals surface area (Å²) in [5.74, 6) is 0.586. The summed E-state index contributed by atoms with van der Waals surface area (Å²) < 4.78 is 11.1. The molecule has 4 nitrogen and oxygen atoms in total. The average Bonchev–Trinajstić information content (AvgIpc) is 3.29.